The SMILES string of the molecule is Cc1cc(OCC2CO2)ccc1N=Cc1ccc(OCCCCCCOc2ccc(C=Nc3ccc(OCC4CO4)cc3C)cc2)cc1. The summed E-state index contributed by atoms with van der Waals surface area (Å²) in [5.74, 6) is 3.44. The van der Waals surface area contributed by atoms with Crippen LogP contribution in [0.3, 0.4) is 0 Å². The first-order valence-corrected chi connectivity index (χ1v) is 16.8. The van der Waals surface area contributed by atoms with Gasteiger partial charge < -0.3 is 28.4 Å². The Hall–Kier alpha value is -4.66. The fourth-order valence-corrected chi connectivity index (χ4v) is 4.96. The van der Waals surface area contributed by atoms with Gasteiger partial charge in [0.15, 0.2) is 0 Å². The van der Waals surface area contributed by atoms with Crippen molar-refractivity contribution in [2.45, 2.75) is 51.7 Å². The molecule has 4 aromatic carbocycles. The highest BCUT2D eigenvalue weighted by molar-refractivity contribution is 5.83. The number of aryl methyl sites for hydroxylation is 2. The zero-order chi connectivity index (χ0) is 33.0. The maximum atomic E-state index is 5.95. The van der Waals surface area contributed by atoms with Crippen LogP contribution in [0.2, 0.25) is 0 Å². The van der Waals surface area contributed by atoms with Gasteiger partial charge in [0.1, 0.15) is 48.4 Å². The predicted octanol–water partition coefficient (Wildman–Crippen LogP) is 8.38. The van der Waals surface area contributed by atoms with Gasteiger partial charge in [0, 0.05) is 12.4 Å². The number of unbranched alkanes of at least 4 members (excludes halogenated alkanes) is 3. The van der Waals surface area contributed by atoms with Crippen molar-refractivity contribution in [3.63, 3.8) is 0 Å². The maximum absolute atomic E-state index is 5.95. The van der Waals surface area contributed by atoms with E-state index in [4.69, 9.17) is 28.4 Å². The lowest BCUT2D eigenvalue weighted by atomic mass is 10.2. The Morgan fingerprint density at radius 1 is 0.542 bits per heavy atom. The number of ether oxygens (including phenoxy) is 6. The molecule has 8 nitrogen and oxygen atoms in total. The summed E-state index contributed by atoms with van der Waals surface area (Å²) in [6.07, 6.45) is 8.46. The second-order valence-electron chi connectivity index (χ2n) is 12.2. The first kappa shape index (κ1) is 33.2. The van der Waals surface area contributed by atoms with E-state index < -0.39 is 0 Å². The molecule has 2 atom stereocenters. The largest absolute Gasteiger partial charge is 0.494 e. The molecular weight excluding hydrogens is 604 g/mol. The Morgan fingerprint density at radius 3 is 1.31 bits per heavy atom. The van der Waals surface area contributed by atoms with Gasteiger partial charge in [0.2, 0.25) is 0 Å². The van der Waals surface area contributed by atoms with Gasteiger partial charge in [0.05, 0.1) is 37.8 Å². The summed E-state index contributed by atoms with van der Waals surface area (Å²) in [7, 11) is 0. The molecule has 2 aliphatic rings. The van der Waals surface area contributed by atoms with E-state index in [1.165, 1.54) is 0 Å². The average molecular weight is 649 g/mol. The smallest absolute Gasteiger partial charge is 0.119 e. The molecule has 8 heteroatoms. The summed E-state index contributed by atoms with van der Waals surface area (Å²) in [4.78, 5) is 9.31. The lowest BCUT2D eigenvalue weighted by molar-refractivity contribution is 0.263. The quantitative estimate of drug-likeness (QED) is 0.0577. The molecule has 2 aliphatic heterocycles. The summed E-state index contributed by atoms with van der Waals surface area (Å²) < 4.78 is 33.8. The number of epoxide rings is 2. The van der Waals surface area contributed by atoms with Crippen molar-refractivity contribution >= 4 is 23.8 Å². The molecule has 0 N–H and O–H groups in total. The predicted molar refractivity (Wildman–Crippen MR) is 190 cm³/mol. The molecule has 0 aliphatic carbocycles. The Bertz CT molecular complexity index is 1540. The molecule has 2 heterocycles. The Morgan fingerprint density at radius 2 is 0.938 bits per heavy atom. The van der Waals surface area contributed by atoms with E-state index in [0.717, 1.165) is 95.5 Å². The molecule has 6 rings (SSSR count). The standard InChI is InChI=1S/C40H44N2O6/c1-29-21-35(45-25-37-27-47-37)15-17-39(29)41-23-31-7-11-33(12-8-31)43-19-5-3-4-6-20-44-34-13-9-32(10-14-34)24-42-40-18-16-36(22-30(40)2)46-26-38-28-48-38/h7-18,21-24,37-38H,3-6,19-20,25-28H2,1-2H3. The van der Waals surface area contributed by atoms with Gasteiger partial charge in [-0.05, 0) is 147 Å². The molecule has 0 bridgehead atoms. The van der Waals surface area contributed by atoms with Crippen LogP contribution in [0.1, 0.15) is 47.9 Å². The third-order valence-corrected chi connectivity index (χ3v) is 8.05. The second-order valence-corrected chi connectivity index (χ2v) is 12.2. The van der Waals surface area contributed by atoms with Crippen LogP contribution in [0, 0.1) is 13.8 Å². The molecule has 0 spiro atoms. The highest BCUT2D eigenvalue weighted by atomic mass is 16.6. The molecular formula is C40H44N2O6. The van der Waals surface area contributed by atoms with Crippen molar-refractivity contribution < 1.29 is 28.4 Å². The summed E-state index contributed by atoms with van der Waals surface area (Å²) in [6.45, 7) is 8.27. The van der Waals surface area contributed by atoms with Gasteiger partial charge in [-0.25, -0.2) is 0 Å². The lowest BCUT2D eigenvalue weighted by Crippen LogP contribution is -2.03. The molecule has 48 heavy (non-hydrogen) atoms. The minimum absolute atomic E-state index is 0.248. The number of benzene rings is 4. The first-order valence-electron chi connectivity index (χ1n) is 16.8. The topological polar surface area (TPSA) is 86.7 Å². The Balaban J connectivity index is 0.821. The van der Waals surface area contributed by atoms with E-state index in [2.05, 4.69) is 9.98 Å². The van der Waals surface area contributed by atoms with Gasteiger partial charge in [-0.1, -0.05) is 0 Å². The van der Waals surface area contributed by atoms with Crippen LogP contribution in [-0.2, 0) is 9.47 Å². The minimum Gasteiger partial charge on any atom is -0.494 e. The molecule has 0 aromatic heterocycles. The number of nitrogens with zero attached hydrogens (tertiary/aromatic N) is 2. The van der Waals surface area contributed by atoms with E-state index >= 15 is 0 Å². The van der Waals surface area contributed by atoms with Crippen LogP contribution in [0.25, 0.3) is 0 Å². The van der Waals surface area contributed by atoms with Crippen molar-refractivity contribution in [3.05, 3.63) is 107 Å². The van der Waals surface area contributed by atoms with Crippen LogP contribution in [-0.4, -0.2) is 64.3 Å². The van der Waals surface area contributed by atoms with Crippen LogP contribution in [0.5, 0.6) is 23.0 Å². The van der Waals surface area contributed by atoms with Gasteiger partial charge >= 0.3 is 0 Å². The second kappa shape index (κ2) is 16.9. The van der Waals surface area contributed by atoms with Gasteiger partial charge in [-0.2, -0.15) is 0 Å². The maximum Gasteiger partial charge on any atom is 0.119 e. The van der Waals surface area contributed by atoms with Gasteiger partial charge in [0.25, 0.3) is 0 Å². The van der Waals surface area contributed by atoms with Crippen LogP contribution < -0.4 is 18.9 Å². The van der Waals surface area contributed by atoms with Crippen molar-refractivity contribution in [2.75, 3.05) is 39.6 Å². The average Bonchev–Trinajstić information content (AvgIpc) is 4.04. The fraction of sp³-hybridized carbons (Fsp3) is 0.350. The van der Waals surface area contributed by atoms with Gasteiger partial charge in [-0.15, -0.1) is 0 Å². The van der Waals surface area contributed by atoms with Crippen molar-refractivity contribution in [2.24, 2.45) is 9.98 Å². The van der Waals surface area contributed by atoms with Crippen molar-refractivity contribution in [1.82, 2.24) is 0 Å². The normalized spacial score (nSPS) is 16.7. The first-order chi connectivity index (χ1) is 23.6. The molecule has 2 saturated heterocycles. The summed E-state index contributed by atoms with van der Waals surface area (Å²) >= 11 is 0. The van der Waals surface area contributed by atoms with E-state index in [0.29, 0.717) is 26.4 Å². The van der Waals surface area contributed by atoms with E-state index in [-0.39, 0.29) is 12.2 Å². The van der Waals surface area contributed by atoms with Crippen LogP contribution >= 0.6 is 0 Å². The van der Waals surface area contributed by atoms with E-state index in [9.17, 15) is 0 Å². The zero-order valence-corrected chi connectivity index (χ0v) is 27.8. The number of hydrogen-bond donors (Lipinski definition) is 0. The van der Waals surface area contributed by atoms with E-state index in [1.54, 1.807) is 0 Å². The molecule has 2 fully saturated rings. The summed E-state index contributed by atoms with van der Waals surface area (Å²) in [5, 5.41) is 0. The number of rotatable bonds is 19. The minimum atomic E-state index is 0.248. The highest BCUT2D eigenvalue weighted by Crippen LogP contribution is 2.26. The Labute approximate surface area is 283 Å². The van der Waals surface area contributed by atoms with Crippen molar-refractivity contribution in [3.8, 4) is 23.0 Å². The zero-order valence-electron chi connectivity index (χ0n) is 27.8. The fourth-order valence-electron chi connectivity index (χ4n) is 4.96. The molecule has 4 aromatic rings. The molecule has 0 saturated carbocycles. The van der Waals surface area contributed by atoms with E-state index in [1.807, 2.05) is 111 Å². The lowest BCUT2D eigenvalue weighted by Gasteiger charge is -2.08. The van der Waals surface area contributed by atoms with Crippen LogP contribution in [0.4, 0.5) is 11.4 Å². The van der Waals surface area contributed by atoms with Crippen molar-refractivity contribution in [1.29, 1.82) is 0 Å². The molecule has 0 amide bonds. The third kappa shape index (κ3) is 11.0. The Kier molecular flexibility index (Phi) is 11.7. The molecule has 0 radical (unpaired) electrons. The summed E-state index contributed by atoms with van der Waals surface area (Å²) in [5.41, 5.74) is 6.05. The number of hydrogen-bond acceptors (Lipinski definition) is 8. The highest BCUT2D eigenvalue weighted by Gasteiger charge is 2.23. The van der Waals surface area contributed by atoms with Gasteiger partial charge in [-0.3, -0.25) is 9.98 Å². The monoisotopic (exact) mass is 648 g/mol. The summed E-state index contributed by atoms with van der Waals surface area (Å²) in [6, 6.07) is 28.0. The molecule has 250 valence electrons. The number of aliphatic imine (C=N–C) groups is 2. The molecule has 2 unspecified atom stereocenters. The third-order valence-electron chi connectivity index (χ3n) is 8.05. The van der Waals surface area contributed by atoms with Crippen LogP contribution in [0.15, 0.2) is 94.9 Å².